The van der Waals surface area contributed by atoms with Crippen molar-refractivity contribution in [3.63, 3.8) is 0 Å². The number of ether oxygens (including phenoxy) is 1. The van der Waals surface area contributed by atoms with Gasteiger partial charge in [0, 0.05) is 29.4 Å². The van der Waals surface area contributed by atoms with Gasteiger partial charge in [0.15, 0.2) is 0 Å². The second-order valence-electron chi connectivity index (χ2n) is 5.99. The topological polar surface area (TPSA) is 42.4 Å². The zero-order chi connectivity index (χ0) is 16.5. The van der Waals surface area contributed by atoms with Crippen molar-refractivity contribution in [3.8, 4) is 11.3 Å². The summed E-state index contributed by atoms with van der Waals surface area (Å²) in [4.78, 5) is 19.7. The number of morpholine rings is 1. The number of nitrogens with zero attached hydrogens (tertiary/aromatic N) is 2. The van der Waals surface area contributed by atoms with E-state index in [1.807, 2.05) is 47.5 Å². The molecule has 1 aliphatic heterocycles. The molecule has 1 amide bonds. The lowest BCUT2D eigenvalue weighted by molar-refractivity contribution is 0.0304. The molecule has 2 aromatic heterocycles. The second-order valence-corrected chi connectivity index (χ2v) is 6.77. The van der Waals surface area contributed by atoms with Gasteiger partial charge in [-0.15, -0.1) is 0 Å². The van der Waals surface area contributed by atoms with Gasteiger partial charge in [-0.3, -0.25) is 4.79 Å². The number of hydrogen-bond donors (Lipinski definition) is 0. The van der Waals surface area contributed by atoms with E-state index in [0.717, 1.165) is 33.3 Å². The predicted octanol–water partition coefficient (Wildman–Crippen LogP) is 3.74. The Balaban J connectivity index is 1.87. The van der Waals surface area contributed by atoms with E-state index in [9.17, 15) is 4.79 Å². The average Bonchev–Trinajstić information content (AvgIpc) is 3.16. The highest BCUT2D eigenvalue weighted by Crippen LogP contribution is 2.28. The number of amides is 1. The van der Waals surface area contributed by atoms with E-state index in [0.29, 0.717) is 26.3 Å². The van der Waals surface area contributed by atoms with E-state index >= 15 is 0 Å². The molecule has 1 fully saturated rings. The molecule has 0 N–H and O–H groups in total. The van der Waals surface area contributed by atoms with Gasteiger partial charge in [0.1, 0.15) is 0 Å². The van der Waals surface area contributed by atoms with Gasteiger partial charge in [-0.2, -0.15) is 11.3 Å². The van der Waals surface area contributed by atoms with Crippen LogP contribution in [0.25, 0.3) is 22.2 Å². The standard InChI is InChI=1S/C19H18N2O2S/c1-13-2-3-17-15(10-13)16(19(22)21-5-7-23-8-6-21)11-18(20-17)14-4-9-24-12-14/h2-4,9-12H,5-8H2,1H3. The quantitative estimate of drug-likeness (QED) is 0.715. The Hall–Kier alpha value is -2.24. The maximum Gasteiger partial charge on any atom is 0.254 e. The average molecular weight is 338 g/mol. The molecular formula is C19H18N2O2S. The van der Waals surface area contributed by atoms with Gasteiger partial charge in [0.2, 0.25) is 0 Å². The molecule has 24 heavy (non-hydrogen) atoms. The zero-order valence-corrected chi connectivity index (χ0v) is 14.3. The van der Waals surface area contributed by atoms with E-state index in [1.165, 1.54) is 0 Å². The minimum Gasteiger partial charge on any atom is -0.378 e. The van der Waals surface area contributed by atoms with Crippen LogP contribution in [0.1, 0.15) is 15.9 Å². The second kappa shape index (κ2) is 6.34. The number of hydrogen-bond acceptors (Lipinski definition) is 4. The van der Waals surface area contributed by atoms with Crippen molar-refractivity contribution in [1.82, 2.24) is 9.88 Å². The summed E-state index contributed by atoms with van der Waals surface area (Å²) < 4.78 is 5.37. The van der Waals surface area contributed by atoms with Crippen LogP contribution in [0, 0.1) is 6.92 Å². The molecule has 1 aromatic carbocycles. The molecule has 3 heterocycles. The van der Waals surface area contributed by atoms with Crippen molar-refractivity contribution in [2.45, 2.75) is 6.92 Å². The highest BCUT2D eigenvalue weighted by Gasteiger charge is 2.22. The van der Waals surface area contributed by atoms with Gasteiger partial charge in [0.25, 0.3) is 5.91 Å². The van der Waals surface area contributed by atoms with E-state index in [-0.39, 0.29) is 5.91 Å². The Labute approximate surface area is 144 Å². The van der Waals surface area contributed by atoms with Gasteiger partial charge in [-0.25, -0.2) is 4.98 Å². The number of benzene rings is 1. The summed E-state index contributed by atoms with van der Waals surface area (Å²) in [5, 5.41) is 5.01. The normalized spacial score (nSPS) is 15.0. The molecule has 0 saturated carbocycles. The summed E-state index contributed by atoms with van der Waals surface area (Å²) in [7, 11) is 0. The van der Waals surface area contributed by atoms with Gasteiger partial charge in [-0.1, -0.05) is 11.6 Å². The van der Waals surface area contributed by atoms with Crippen LogP contribution in [0.4, 0.5) is 0 Å². The molecule has 5 heteroatoms. The summed E-state index contributed by atoms with van der Waals surface area (Å²) in [5.74, 6) is 0.0628. The van der Waals surface area contributed by atoms with E-state index in [4.69, 9.17) is 9.72 Å². The summed E-state index contributed by atoms with van der Waals surface area (Å²) in [6, 6.07) is 10.1. The molecule has 4 rings (SSSR count). The Morgan fingerprint density at radius 1 is 1.21 bits per heavy atom. The fourth-order valence-corrected chi connectivity index (χ4v) is 3.66. The minimum atomic E-state index is 0.0628. The lowest BCUT2D eigenvalue weighted by Crippen LogP contribution is -2.40. The number of carbonyl (C=O) groups is 1. The number of aromatic nitrogens is 1. The fraction of sp³-hybridized carbons (Fsp3) is 0.263. The third-order valence-electron chi connectivity index (χ3n) is 4.31. The zero-order valence-electron chi connectivity index (χ0n) is 13.5. The number of pyridine rings is 1. The van der Waals surface area contributed by atoms with E-state index < -0.39 is 0 Å². The highest BCUT2D eigenvalue weighted by atomic mass is 32.1. The van der Waals surface area contributed by atoms with Crippen molar-refractivity contribution in [2.75, 3.05) is 26.3 Å². The molecule has 0 unspecified atom stereocenters. The smallest absolute Gasteiger partial charge is 0.254 e. The van der Waals surface area contributed by atoms with Gasteiger partial charge < -0.3 is 9.64 Å². The number of fused-ring (bicyclic) bond motifs is 1. The Bertz CT molecular complexity index is 884. The highest BCUT2D eigenvalue weighted by molar-refractivity contribution is 7.08. The molecule has 0 bridgehead atoms. The van der Waals surface area contributed by atoms with Crippen LogP contribution in [0.15, 0.2) is 41.1 Å². The number of rotatable bonds is 2. The van der Waals surface area contributed by atoms with Gasteiger partial charge in [0.05, 0.1) is 30.0 Å². The lowest BCUT2D eigenvalue weighted by atomic mass is 10.0. The van der Waals surface area contributed by atoms with Crippen molar-refractivity contribution < 1.29 is 9.53 Å². The number of thiophene rings is 1. The third-order valence-corrected chi connectivity index (χ3v) is 4.99. The van der Waals surface area contributed by atoms with Crippen LogP contribution in [-0.4, -0.2) is 42.1 Å². The van der Waals surface area contributed by atoms with E-state index in [1.54, 1.807) is 11.3 Å². The maximum absolute atomic E-state index is 13.1. The minimum absolute atomic E-state index is 0.0628. The predicted molar refractivity (Wildman–Crippen MR) is 96.5 cm³/mol. The van der Waals surface area contributed by atoms with Crippen molar-refractivity contribution in [2.24, 2.45) is 0 Å². The summed E-state index contributed by atoms with van der Waals surface area (Å²) in [5.41, 5.74) is 4.62. The Kier molecular flexibility index (Phi) is 4.04. The van der Waals surface area contributed by atoms with Crippen LogP contribution in [0.2, 0.25) is 0 Å². The van der Waals surface area contributed by atoms with Crippen LogP contribution in [-0.2, 0) is 4.74 Å². The first kappa shape index (κ1) is 15.3. The monoisotopic (exact) mass is 338 g/mol. The fourth-order valence-electron chi connectivity index (χ4n) is 3.01. The van der Waals surface area contributed by atoms with Crippen molar-refractivity contribution in [1.29, 1.82) is 0 Å². The summed E-state index contributed by atoms with van der Waals surface area (Å²) in [6.45, 7) is 4.52. The molecule has 1 saturated heterocycles. The first-order chi connectivity index (χ1) is 11.7. The van der Waals surface area contributed by atoms with Gasteiger partial charge >= 0.3 is 0 Å². The molecular weight excluding hydrogens is 320 g/mol. The molecule has 0 aliphatic carbocycles. The third kappa shape index (κ3) is 2.81. The Morgan fingerprint density at radius 3 is 2.79 bits per heavy atom. The summed E-state index contributed by atoms with van der Waals surface area (Å²) in [6.07, 6.45) is 0. The molecule has 4 nitrogen and oxygen atoms in total. The van der Waals surface area contributed by atoms with Crippen LogP contribution >= 0.6 is 11.3 Å². The lowest BCUT2D eigenvalue weighted by Gasteiger charge is -2.27. The van der Waals surface area contributed by atoms with Gasteiger partial charge in [-0.05, 0) is 36.6 Å². The maximum atomic E-state index is 13.1. The number of carbonyl (C=O) groups excluding carboxylic acids is 1. The largest absolute Gasteiger partial charge is 0.378 e. The van der Waals surface area contributed by atoms with E-state index in [2.05, 4.69) is 5.38 Å². The number of aryl methyl sites for hydroxylation is 1. The first-order valence-electron chi connectivity index (χ1n) is 8.03. The molecule has 3 aromatic rings. The molecule has 1 aliphatic rings. The molecule has 0 atom stereocenters. The van der Waals surface area contributed by atoms with Crippen LogP contribution in [0.5, 0.6) is 0 Å². The van der Waals surface area contributed by atoms with Crippen molar-refractivity contribution in [3.05, 3.63) is 52.2 Å². The SMILES string of the molecule is Cc1ccc2nc(-c3ccsc3)cc(C(=O)N3CCOCC3)c2c1. The van der Waals surface area contributed by atoms with Crippen LogP contribution in [0.3, 0.4) is 0 Å². The van der Waals surface area contributed by atoms with Crippen LogP contribution < -0.4 is 0 Å². The summed E-state index contributed by atoms with van der Waals surface area (Å²) >= 11 is 1.63. The van der Waals surface area contributed by atoms with Crippen molar-refractivity contribution >= 4 is 28.1 Å². The molecule has 122 valence electrons. The molecule has 0 spiro atoms. The molecule has 0 radical (unpaired) electrons. The first-order valence-corrected chi connectivity index (χ1v) is 8.98. The Morgan fingerprint density at radius 2 is 2.04 bits per heavy atom.